The Morgan fingerprint density at radius 1 is 1.04 bits per heavy atom. The zero-order valence-electron chi connectivity index (χ0n) is 15.0. The third-order valence-corrected chi connectivity index (χ3v) is 4.03. The number of methoxy groups -OCH3 is 2. The third-order valence-electron chi connectivity index (χ3n) is 4.03. The number of aromatic nitrogens is 2. The normalized spacial score (nSPS) is 10.4. The van der Waals surface area contributed by atoms with Gasteiger partial charge in [0.2, 0.25) is 0 Å². The van der Waals surface area contributed by atoms with Gasteiger partial charge in [0.1, 0.15) is 11.5 Å². The Morgan fingerprint density at radius 2 is 1.77 bits per heavy atom. The Morgan fingerprint density at radius 3 is 2.42 bits per heavy atom. The van der Waals surface area contributed by atoms with Gasteiger partial charge in [-0.25, -0.2) is 0 Å². The van der Waals surface area contributed by atoms with Crippen molar-refractivity contribution in [3.8, 4) is 22.8 Å². The second kappa shape index (κ2) is 7.74. The fourth-order valence-corrected chi connectivity index (χ4v) is 2.66. The number of nitrogens with one attached hydrogen (secondary N) is 1. The average molecular weight is 351 g/mol. The molecule has 6 heteroatoms. The van der Waals surface area contributed by atoms with Crippen LogP contribution in [0.1, 0.15) is 17.4 Å². The topological polar surface area (TPSA) is 65.4 Å². The molecule has 0 radical (unpaired) electrons. The van der Waals surface area contributed by atoms with E-state index in [1.165, 1.54) is 0 Å². The van der Waals surface area contributed by atoms with Crippen LogP contribution in [0.4, 0.5) is 5.69 Å². The van der Waals surface area contributed by atoms with Crippen molar-refractivity contribution in [1.82, 2.24) is 9.78 Å². The van der Waals surface area contributed by atoms with Crippen LogP contribution in [0.3, 0.4) is 0 Å². The van der Waals surface area contributed by atoms with Crippen molar-refractivity contribution in [2.24, 2.45) is 0 Å². The molecule has 3 rings (SSSR count). The molecule has 6 nitrogen and oxygen atoms in total. The highest BCUT2D eigenvalue weighted by Gasteiger charge is 2.15. The Hall–Kier alpha value is -3.28. The number of amides is 1. The van der Waals surface area contributed by atoms with E-state index in [1.807, 2.05) is 54.1 Å². The molecule has 0 bridgehead atoms. The average Bonchev–Trinajstić information content (AvgIpc) is 3.13. The minimum atomic E-state index is -0.264. The van der Waals surface area contributed by atoms with E-state index in [9.17, 15) is 4.79 Å². The molecule has 1 amide bonds. The van der Waals surface area contributed by atoms with E-state index >= 15 is 0 Å². The number of carbonyl (C=O) groups excluding carboxylic acids is 1. The zero-order chi connectivity index (χ0) is 18.5. The lowest BCUT2D eigenvalue weighted by atomic mass is 10.1. The fraction of sp³-hybridized carbons (Fsp3) is 0.200. The van der Waals surface area contributed by atoms with Gasteiger partial charge in [0.25, 0.3) is 5.91 Å². The van der Waals surface area contributed by atoms with Crippen molar-refractivity contribution in [3.63, 3.8) is 0 Å². The largest absolute Gasteiger partial charge is 0.497 e. The number of nitrogens with zero attached hydrogens (tertiary/aromatic N) is 2. The van der Waals surface area contributed by atoms with Crippen LogP contribution in [0, 0.1) is 0 Å². The van der Waals surface area contributed by atoms with E-state index in [4.69, 9.17) is 9.47 Å². The van der Waals surface area contributed by atoms with Crippen LogP contribution in [-0.4, -0.2) is 29.9 Å². The second-order valence-corrected chi connectivity index (χ2v) is 5.65. The number of hydrogen-bond acceptors (Lipinski definition) is 4. The molecular formula is C20H21N3O3. The van der Waals surface area contributed by atoms with Crippen molar-refractivity contribution in [3.05, 3.63) is 60.3 Å². The quantitative estimate of drug-likeness (QED) is 0.733. The maximum absolute atomic E-state index is 12.6. The summed E-state index contributed by atoms with van der Waals surface area (Å²) >= 11 is 0. The van der Waals surface area contributed by atoms with Crippen LogP contribution < -0.4 is 14.8 Å². The molecule has 1 heterocycles. The van der Waals surface area contributed by atoms with Crippen molar-refractivity contribution in [2.45, 2.75) is 13.5 Å². The van der Waals surface area contributed by atoms with Gasteiger partial charge in [-0.15, -0.1) is 0 Å². The molecular weight excluding hydrogens is 330 g/mol. The van der Waals surface area contributed by atoms with Gasteiger partial charge in [0.15, 0.2) is 5.69 Å². The van der Waals surface area contributed by atoms with Crippen LogP contribution in [0.25, 0.3) is 11.3 Å². The molecule has 0 saturated heterocycles. The number of hydrogen-bond donors (Lipinski definition) is 1. The van der Waals surface area contributed by atoms with E-state index in [-0.39, 0.29) is 5.91 Å². The highest BCUT2D eigenvalue weighted by atomic mass is 16.5. The Balaban J connectivity index is 1.85. The molecule has 0 saturated carbocycles. The molecule has 3 aromatic rings. The van der Waals surface area contributed by atoms with E-state index in [0.717, 1.165) is 17.0 Å². The van der Waals surface area contributed by atoms with Gasteiger partial charge in [0.05, 0.1) is 19.9 Å². The van der Waals surface area contributed by atoms with E-state index in [1.54, 1.807) is 26.4 Å². The first-order chi connectivity index (χ1) is 12.6. The summed E-state index contributed by atoms with van der Waals surface area (Å²) in [7, 11) is 3.22. The number of ether oxygens (including phenoxy) is 2. The third kappa shape index (κ3) is 3.69. The van der Waals surface area contributed by atoms with E-state index in [0.29, 0.717) is 23.7 Å². The van der Waals surface area contributed by atoms with Crippen LogP contribution >= 0.6 is 0 Å². The Bertz CT molecular complexity index is 901. The van der Waals surface area contributed by atoms with Crippen molar-refractivity contribution < 1.29 is 14.3 Å². The molecule has 26 heavy (non-hydrogen) atoms. The summed E-state index contributed by atoms with van der Waals surface area (Å²) in [6.45, 7) is 2.65. The molecule has 0 fully saturated rings. The molecule has 0 atom stereocenters. The monoisotopic (exact) mass is 351 g/mol. The zero-order valence-corrected chi connectivity index (χ0v) is 15.0. The number of rotatable bonds is 6. The highest BCUT2D eigenvalue weighted by Crippen LogP contribution is 2.24. The van der Waals surface area contributed by atoms with Gasteiger partial charge in [-0.3, -0.25) is 9.48 Å². The molecule has 0 aliphatic carbocycles. The molecule has 0 spiro atoms. The van der Waals surface area contributed by atoms with E-state index < -0.39 is 0 Å². The summed E-state index contributed by atoms with van der Waals surface area (Å²) < 4.78 is 12.2. The molecule has 0 aliphatic heterocycles. The van der Waals surface area contributed by atoms with Crippen LogP contribution in [0.15, 0.2) is 54.6 Å². The lowest BCUT2D eigenvalue weighted by molar-refractivity contribution is 0.102. The number of carbonyl (C=O) groups is 1. The SMILES string of the molecule is CCn1nc(C(=O)Nc2cccc(OC)c2)cc1-c1ccc(OC)cc1. The minimum absolute atomic E-state index is 0.264. The summed E-state index contributed by atoms with van der Waals surface area (Å²) in [5.74, 6) is 1.20. The summed E-state index contributed by atoms with van der Waals surface area (Å²) in [5, 5.41) is 7.28. The van der Waals surface area contributed by atoms with E-state index in [2.05, 4.69) is 10.4 Å². The molecule has 1 N–H and O–H groups in total. The summed E-state index contributed by atoms with van der Waals surface area (Å²) in [6, 6.07) is 16.7. The summed E-state index contributed by atoms with van der Waals surface area (Å²) in [5.41, 5.74) is 2.87. The molecule has 134 valence electrons. The predicted molar refractivity (Wildman–Crippen MR) is 101 cm³/mol. The second-order valence-electron chi connectivity index (χ2n) is 5.65. The van der Waals surface area contributed by atoms with Gasteiger partial charge in [-0.05, 0) is 49.4 Å². The van der Waals surface area contributed by atoms with Crippen LogP contribution in [0.2, 0.25) is 0 Å². The molecule has 1 aromatic heterocycles. The minimum Gasteiger partial charge on any atom is -0.497 e. The molecule has 0 aliphatic rings. The fourth-order valence-electron chi connectivity index (χ4n) is 2.66. The molecule has 0 unspecified atom stereocenters. The lowest BCUT2D eigenvalue weighted by Gasteiger charge is -2.05. The summed E-state index contributed by atoms with van der Waals surface area (Å²) in [4.78, 5) is 12.6. The smallest absolute Gasteiger partial charge is 0.276 e. The van der Waals surface area contributed by atoms with Gasteiger partial charge in [-0.2, -0.15) is 5.10 Å². The maximum Gasteiger partial charge on any atom is 0.276 e. The first-order valence-electron chi connectivity index (χ1n) is 8.32. The number of aryl methyl sites for hydroxylation is 1. The Kier molecular flexibility index (Phi) is 5.22. The highest BCUT2D eigenvalue weighted by molar-refractivity contribution is 6.03. The van der Waals surface area contributed by atoms with Crippen molar-refractivity contribution in [2.75, 3.05) is 19.5 Å². The van der Waals surface area contributed by atoms with Crippen molar-refractivity contribution >= 4 is 11.6 Å². The van der Waals surface area contributed by atoms with Gasteiger partial charge >= 0.3 is 0 Å². The first kappa shape index (κ1) is 17.5. The van der Waals surface area contributed by atoms with Crippen LogP contribution in [-0.2, 0) is 6.54 Å². The summed E-state index contributed by atoms with van der Waals surface area (Å²) in [6.07, 6.45) is 0. The Labute approximate surface area is 152 Å². The lowest BCUT2D eigenvalue weighted by Crippen LogP contribution is -2.13. The first-order valence-corrected chi connectivity index (χ1v) is 8.32. The molecule has 2 aromatic carbocycles. The predicted octanol–water partition coefficient (Wildman–Crippen LogP) is 3.84. The van der Waals surface area contributed by atoms with Gasteiger partial charge < -0.3 is 14.8 Å². The number of benzene rings is 2. The van der Waals surface area contributed by atoms with Crippen molar-refractivity contribution in [1.29, 1.82) is 0 Å². The standard InChI is InChI=1S/C20H21N3O3/c1-4-23-19(14-8-10-16(25-2)11-9-14)13-18(22-23)20(24)21-15-6-5-7-17(12-15)26-3/h5-13H,4H2,1-3H3,(H,21,24). The van der Waals surface area contributed by atoms with Gasteiger partial charge in [0, 0.05) is 23.9 Å². The van der Waals surface area contributed by atoms with Crippen LogP contribution in [0.5, 0.6) is 11.5 Å². The number of anilines is 1. The maximum atomic E-state index is 12.6. The van der Waals surface area contributed by atoms with Gasteiger partial charge in [-0.1, -0.05) is 6.07 Å².